The maximum Gasteiger partial charge on any atom is 1.00 e. The van der Waals surface area contributed by atoms with Crippen molar-refractivity contribution in [1.29, 1.82) is 0 Å². The first-order chi connectivity index (χ1) is 13.2. The smallest absolute Gasteiger partial charge is 0.744 e. The molecule has 0 saturated heterocycles. The standard InChI is InChI=1S/C16H10O10S3.3Na/c17-11-6-2-7-1-3-9-13-10(5-4-8(11)12(7)13)15(28(21,22)23)16(29(24,25)26)14(9)27(18,19)20;;;/h1-6,17H,(H,18,19,20)(H,21,22,23)(H,24,25,26);;;/q;3*+1/p-3. The van der Waals surface area contributed by atoms with Crippen molar-refractivity contribution in [3.05, 3.63) is 36.4 Å². The topological polar surface area (TPSA) is 192 Å². The second-order valence-corrected chi connectivity index (χ2v) is 10.1. The Morgan fingerprint density at radius 3 is 1.34 bits per heavy atom. The number of benzene rings is 4. The van der Waals surface area contributed by atoms with E-state index in [9.17, 15) is 44.0 Å². The summed E-state index contributed by atoms with van der Waals surface area (Å²) in [4.78, 5) is -5.14. The van der Waals surface area contributed by atoms with Gasteiger partial charge in [-0.2, -0.15) is 0 Å². The maximum absolute atomic E-state index is 11.9. The number of hydrogen-bond donors (Lipinski definition) is 1. The number of phenolic OH excluding ortho intramolecular Hbond substituents is 1. The van der Waals surface area contributed by atoms with Crippen LogP contribution in [0.5, 0.6) is 5.75 Å². The van der Waals surface area contributed by atoms with Gasteiger partial charge in [0.05, 0.1) is 14.7 Å². The summed E-state index contributed by atoms with van der Waals surface area (Å²) in [6, 6.07) is 7.19. The minimum absolute atomic E-state index is 0. The Labute approximate surface area is 248 Å². The molecule has 0 heterocycles. The molecule has 0 spiro atoms. The van der Waals surface area contributed by atoms with Gasteiger partial charge in [-0.3, -0.25) is 0 Å². The first-order valence-electron chi connectivity index (χ1n) is 7.57. The summed E-state index contributed by atoms with van der Waals surface area (Å²) in [5.74, 6) is -0.273. The fraction of sp³-hybridized carbons (Fsp3) is 0. The van der Waals surface area contributed by atoms with Crippen molar-refractivity contribution in [2.75, 3.05) is 0 Å². The van der Waals surface area contributed by atoms with Crippen LogP contribution >= 0.6 is 0 Å². The zero-order valence-corrected chi connectivity index (χ0v) is 25.3. The van der Waals surface area contributed by atoms with E-state index in [2.05, 4.69) is 0 Å². The minimum Gasteiger partial charge on any atom is -0.744 e. The Morgan fingerprint density at radius 1 is 0.531 bits per heavy atom. The Bertz CT molecular complexity index is 1630. The average Bonchev–Trinajstić information content (AvgIpc) is 2.57. The number of hydrogen-bond acceptors (Lipinski definition) is 10. The van der Waals surface area contributed by atoms with Crippen molar-refractivity contribution in [3.8, 4) is 5.75 Å². The van der Waals surface area contributed by atoms with Crippen LogP contribution in [0.1, 0.15) is 0 Å². The molecule has 0 unspecified atom stereocenters. The largest absolute Gasteiger partial charge is 1.00 e. The average molecular weight is 524 g/mol. The van der Waals surface area contributed by atoms with Gasteiger partial charge in [0.1, 0.15) is 36.1 Å². The summed E-state index contributed by atoms with van der Waals surface area (Å²) in [6.07, 6.45) is 0. The monoisotopic (exact) mass is 524 g/mol. The molecular weight excluding hydrogens is 517 g/mol. The molecule has 152 valence electrons. The predicted molar refractivity (Wildman–Crippen MR) is 95.7 cm³/mol. The van der Waals surface area contributed by atoms with E-state index in [1.807, 2.05) is 0 Å². The van der Waals surface area contributed by atoms with Gasteiger partial charge in [-0.15, -0.1) is 0 Å². The molecule has 0 amide bonds. The summed E-state index contributed by atoms with van der Waals surface area (Å²) in [5.41, 5.74) is 0. The van der Waals surface area contributed by atoms with Crippen molar-refractivity contribution >= 4 is 62.7 Å². The van der Waals surface area contributed by atoms with Crippen LogP contribution in [0.15, 0.2) is 51.1 Å². The summed E-state index contributed by atoms with van der Waals surface area (Å²) in [7, 11) is -17.3. The van der Waals surface area contributed by atoms with Gasteiger partial charge in [0.25, 0.3) is 0 Å². The molecule has 4 aromatic rings. The van der Waals surface area contributed by atoms with E-state index >= 15 is 0 Å². The molecule has 0 radical (unpaired) electrons. The first kappa shape index (κ1) is 30.5. The Balaban J connectivity index is 0.00000171. The van der Waals surface area contributed by atoms with Gasteiger partial charge in [0, 0.05) is 26.9 Å². The third kappa shape index (κ3) is 4.90. The minimum atomic E-state index is -5.89. The van der Waals surface area contributed by atoms with E-state index in [1.54, 1.807) is 0 Å². The van der Waals surface area contributed by atoms with E-state index < -0.39 is 55.8 Å². The molecule has 0 aromatic heterocycles. The Hall–Kier alpha value is 0.450. The Kier molecular flexibility index (Phi) is 9.37. The first-order valence-corrected chi connectivity index (χ1v) is 11.8. The van der Waals surface area contributed by atoms with Crippen molar-refractivity contribution < 1.29 is 133 Å². The van der Waals surface area contributed by atoms with Crippen LogP contribution < -0.4 is 88.7 Å². The molecule has 0 saturated carbocycles. The van der Waals surface area contributed by atoms with Crippen LogP contribution in [0.4, 0.5) is 0 Å². The second kappa shape index (κ2) is 9.84. The van der Waals surface area contributed by atoms with Crippen molar-refractivity contribution in [3.63, 3.8) is 0 Å². The van der Waals surface area contributed by atoms with Gasteiger partial charge < -0.3 is 18.8 Å². The molecule has 0 atom stereocenters. The predicted octanol–water partition coefficient (Wildman–Crippen LogP) is -7.99. The summed E-state index contributed by atoms with van der Waals surface area (Å²) in [6.45, 7) is 0. The van der Waals surface area contributed by atoms with Crippen LogP contribution in [0, 0.1) is 0 Å². The fourth-order valence-corrected chi connectivity index (χ4v) is 7.08. The van der Waals surface area contributed by atoms with Gasteiger partial charge in [0.2, 0.25) is 0 Å². The zero-order chi connectivity index (χ0) is 21.5. The molecule has 0 fully saturated rings. The van der Waals surface area contributed by atoms with E-state index in [4.69, 9.17) is 0 Å². The fourth-order valence-electron chi connectivity index (χ4n) is 3.58. The van der Waals surface area contributed by atoms with E-state index in [0.29, 0.717) is 5.39 Å². The van der Waals surface area contributed by atoms with E-state index in [-0.39, 0.29) is 111 Å². The van der Waals surface area contributed by atoms with Gasteiger partial charge >= 0.3 is 88.7 Å². The number of phenols is 1. The van der Waals surface area contributed by atoms with Crippen LogP contribution in [0.25, 0.3) is 32.3 Å². The third-order valence-electron chi connectivity index (χ3n) is 4.54. The second-order valence-electron chi connectivity index (χ2n) is 6.18. The van der Waals surface area contributed by atoms with Crippen LogP contribution in [0.2, 0.25) is 0 Å². The SMILES string of the molecule is O=S(=O)([O-])c1c(S(=O)(=O)[O-])c2ccc3ccc(O)c4ccc(c1S(=O)(=O)[O-])c2c34.[Na+].[Na+].[Na+]. The summed E-state index contributed by atoms with van der Waals surface area (Å²) < 4.78 is 107. The molecule has 32 heavy (non-hydrogen) atoms. The summed E-state index contributed by atoms with van der Waals surface area (Å²) >= 11 is 0. The maximum atomic E-state index is 11.9. The van der Waals surface area contributed by atoms with Gasteiger partial charge in [-0.05, 0) is 17.5 Å². The zero-order valence-electron chi connectivity index (χ0n) is 16.8. The van der Waals surface area contributed by atoms with Crippen LogP contribution in [-0.4, -0.2) is 44.0 Å². The molecular formula is C16H7Na3O10S3. The van der Waals surface area contributed by atoms with Crippen molar-refractivity contribution in [2.24, 2.45) is 0 Å². The van der Waals surface area contributed by atoms with E-state index in [1.165, 1.54) is 24.3 Å². The molecule has 0 aliphatic carbocycles. The molecule has 16 heteroatoms. The normalized spacial score (nSPS) is 12.3. The molecule has 4 aromatic carbocycles. The van der Waals surface area contributed by atoms with Gasteiger partial charge in [-0.25, -0.2) is 25.3 Å². The van der Waals surface area contributed by atoms with Crippen LogP contribution in [0.3, 0.4) is 0 Å². The van der Waals surface area contributed by atoms with Crippen molar-refractivity contribution in [1.82, 2.24) is 0 Å². The van der Waals surface area contributed by atoms with Crippen LogP contribution in [-0.2, 0) is 30.4 Å². The third-order valence-corrected chi connectivity index (χ3v) is 7.56. The number of aromatic hydroxyl groups is 1. The molecule has 0 aliphatic rings. The molecule has 10 nitrogen and oxygen atoms in total. The summed E-state index contributed by atoms with van der Waals surface area (Å²) in [5, 5.41) is 9.30. The van der Waals surface area contributed by atoms with E-state index in [0.717, 1.165) is 12.1 Å². The quantitative estimate of drug-likeness (QED) is 0.153. The van der Waals surface area contributed by atoms with Gasteiger partial charge in [-0.1, -0.05) is 24.3 Å². The number of rotatable bonds is 3. The van der Waals surface area contributed by atoms with Crippen molar-refractivity contribution in [2.45, 2.75) is 14.7 Å². The molecule has 0 aliphatic heterocycles. The Morgan fingerprint density at radius 2 is 0.906 bits per heavy atom. The molecule has 1 N–H and O–H groups in total. The molecule has 4 rings (SSSR count). The molecule has 0 bridgehead atoms. The van der Waals surface area contributed by atoms with Gasteiger partial charge in [0.15, 0.2) is 0 Å².